The molecule has 0 aliphatic heterocycles. The van der Waals surface area contributed by atoms with Gasteiger partial charge >= 0.3 is 0 Å². The van der Waals surface area contributed by atoms with Crippen LogP contribution in [0.5, 0.6) is 0 Å². The Balaban J connectivity index is 2.00. The summed E-state index contributed by atoms with van der Waals surface area (Å²) < 4.78 is 5.08. The number of hydrogen-bond acceptors (Lipinski definition) is 3. The zero-order chi connectivity index (χ0) is 12.8. The molecule has 0 saturated heterocycles. The maximum Gasteiger partial charge on any atom is 0.262 e. The van der Waals surface area contributed by atoms with Crippen molar-refractivity contribution in [2.75, 3.05) is 0 Å². The third kappa shape index (κ3) is 2.89. The minimum absolute atomic E-state index is 0.0454. The van der Waals surface area contributed by atoms with Crippen molar-refractivity contribution in [2.24, 2.45) is 0 Å². The summed E-state index contributed by atoms with van der Waals surface area (Å²) >= 11 is 0. The zero-order valence-electron chi connectivity index (χ0n) is 9.51. The first kappa shape index (κ1) is 11.7. The van der Waals surface area contributed by atoms with Crippen LogP contribution in [0.4, 0.5) is 0 Å². The second kappa shape index (κ2) is 5.55. The number of carbonyl (C=O) groups excluding carboxylic acids is 1. The Morgan fingerprint density at radius 3 is 3.00 bits per heavy atom. The van der Waals surface area contributed by atoms with Crippen molar-refractivity contribution in [3.63, 3.8) is 0 Å². The lowest BCUT2D eigenvalue weighted by atomic mass is 10.2. The fourth-order valence-corrected chi connectivity index (χ4v) is 1.41. The number of nitriles is 1. The van der Waals surface area contributed by atoms with Crippen LogP contribution in [0.15, 0.2) is 46.7 Å². The predicted octanol–water partition coefficient (Wildman–Crippen LogP) is 1.83. The Hall–Kier alpha value is -2.74. The third-order valence-corrected chi connectivity index (χ3v) is 2.29. The number of nitrogens with one attached hydrogen (secondary N) is 2. The van der Waals surface area contributed by atoms with Crippen LogP contribution in [0.1, 0.15) is 11.5 Å². The minimum Gasteiger partial charge on any atom is -0.467 e. The number of hydrogen-bond donors (Lipinski definition) is 2. The second-order valence-electron chi connectivity index (χ2n) is 3.56. The molecule has 0 aliphatic rings. The van der Waals surface area contributed by atoms with Gasteiger partial charge in [-0.1, -0.05) is 0 Å². The fraction of sp³-hybridized carbons (Fsp3) is 0.0769. The molecule has 0 bridgehead atoms. The molecule has 90 valence electrons. The van der Waals surface area contributed by atoms with E-state index in [1.165, 1.54) is 12.3 Å². The molecule has 2 heterocycles. The van der Waals surface area contributed by atoms with Gasteiger partial charge in [0.15, 0.2) is 0 Å². The van der Waals surface area contributed by atoms with Gasteiger partial charge in [-0.05, 0) is 30.3 Å². The lowest BCUT2D eigenvalue weighted by Gasteiger charge is -2.01. The van der Waals surface area contributed by atoms with E-state index in [1.807, 2.05) is 6.07 Å². The summed E-state index contributed by atoms with van der Waals surface area (Å²) in [5.41, 5.74) is 0.753. The van der Waals surface area contributed by atoms with E-state index in [4.69, 9.17) is 9.68 Å². The first-order valence-corrected chi connectivity index (χ1v) is 5.35. The molecular weight excluding hydrogens is 230 g/mol. The Bertz CT molecular complexity index is 574. The number of H-pyrrole nitrogens is 1. The molecule has 2 N–H and O–H groups in total. The molecule has 5 nitrogen and oxygen atoms in total. The van der Waals surface area contributed by atoms with Gasteiger partial charge in [-0.15, -0.1) is 0 Å². The van der Waals surface area contributed by atoms with Crippen molar-refractivity contribution >= 4 is 12.0 Å². The maximum absolute atomic E-state index is 11.7. The highest BCUT2D eigenvalue weighted by Gasteiger charge is 2.09. The van der Waals surface area contributed by atoms with Gasteiger partial charge in [0.2, 0.25) is 0 Å². The summed E-state index contributed by atoms with van der Waals surface area (Å²) in [5, 5.41) is 11.5. The highest BCUT2D eigenvalue weighted by molar-refractivity contribution is 6.01. The Morgan fingerprint density at radius 1 is 1.50 bits per heavy atom. The smallest absolute Gasteiger partial charge is 0.262 e. The van der Waals surface area contributed by atoms with Crippen molar-refractivity contribution in [1.29, 1.82) is 5.26 Å². The fourth-order valence-electron chi connectivity index (χ4n) is 1.41. The number of amides is 1. The van der Waals surface area contributed by atoms with Crippen molar-refractivity contribution < 1.29 is 9.21 Å². The van der Waals surface area contributed by atoms with E-state index in [1.54, 1.807) is 30.5 Å². The molecule has 0 aromatic carbocycles. The summed E-state index contributed by atoms with van der Waals surface area (Å²) in [6, 6.07) is 8.93. The second-order valence-corrected chi connectivity index (χ2v) is 3.56. The standard InChI is InChI=1S/C13H11N3O2/c14-8-10(7-11-3-1-5-15-11)13(17)16-9-12-4-2-6-18-12/h1-7,15H,9H2,(H,16,17). The summed E-state index contributed by atoms with van der Waals surface area (Å²) in [6.45, 7) is 0.260. The molecule has 5 heteroatoms. The van der Waals surface area contributed by atoms with Crippen LogP contribution in [0.25, 0.3) is 6.08 Å². The molecule has 1 amide bonds. The van der Waals surface area contributed by atoms with Crippen LogP contribution < -0.4 is 5.32 Å². The molecule has 2 aromatic heterocycles. The quantitative estimate of drug-likeness (QED) is 0.632. The van der Waals surface area contributed by atoms with E-state index in [0.29, 0.717) is 11.5 Å². The van der Waals surface area contributed by atoms with Gasteiger partial charge in [0.1, 0.15) is 17.4 Å². The lowest BCUT2D eigenvalue weighted by molar-refractivity contribution is -0.117. The topological polar surface area (TPSA) is 81.8 Å². The predicted molar refractivity (Wildman–Crippen MR) is 64.9 cm³/mol. The average Bonchev–Trinajstić information content (AvgIpc) is 3.06. The number of rotatable bonds is 4. The summed E-state index contributed by atoms with van der Waals surface area (Å²) in [7, 11) is 0. The van der Waals surface area contributed by atoms with Crippen LogP contribution in [-0.2, 0) is 11.3 Å². The molecule has 0 unspecified atom stereocenters. The van der Waals surface area contributed by atoms with Crippen LogP contribution in [0.2, 0.25) is 0 Å². The van der Waals surface area contributed by atoms with Gasteiger partial charge in [0, 0.05) is 11.9 Å². The molecule has 0 atom stereocenters. The van der Waals surface area contributed by atoms with Gasteiger partial charge in [-0.3, -0.25) is 4.79 Å². The summed E-state index contributed by atoms with van der Waals surface area (Å²) in [6.07, 6.45) is 4.75. The molecule has 0 spiro atoms. The van der Waals surface area contributed by atoms with E-state index >= 15 is 0 Å². The molecule has 2 rings (SSSR count). The molecule has 0 fully saturated rings. The molecule has 18 heavy (non-hydrogen) atoms. The summed E-state index contributed by atoms with van der Waals surface area (Å²) in [4.78, 5) is 14.6. The minimum atomic E-state index is -0.427. The Labute approximate surface area is 104 Å². The average molecular weight is 241 g/mol. The normalized spacial score (nSPS) is 10.9. The van der Waals surface area contributed by atoms with Crippen molar-refractivity contribution in [2.45, 2.75) is 6.54 Å². The van der Waals surface area contributed by atoms with Gasteiger partial charge in [0.25, 0.3) is 5.91 Å². The number of furan rings is 1. The monoisotopic (exact) mass is 241 g/mol. The van der Waals surface area contributed by atoms with E-state index < -0.39 is 5.91 Å². The van der Waals surface area contributed by atoms with E-state index in [-0.39, 0.29) is 12.1 Å². The van der Waals surface area contributed by atoms with Gasteiger partial charge in [0.05, 0.1) is 12.8 Å². The highest BCUT2D eigenvalue weighted by atomic mass is 16.3. The molecule has 0 radical (unpaired) electrons. The third-order valence-electron chi connectivity index (χ3n) is 2.29. The molecular formula is C13H11N3O2. The molecule has 2 aromatic rings. The molecule has 0 aliphatic carbocycles. The Morgan fingerprint density at radius 2 is 2.39 bits per heavy atom. The zero-order valence-corrected chi connectivity index (χ0v) is 9.51. The SMILES string of the molecule is N#CC(=Cc1ccc[nH]1)C(=O)NCc1ccco1. The van der Waals surface area contributed by atoms with E-state index in [0.717, 1.165) is 0 Å². The van der Waals surface area contributed by atoms with Gasteiger partial charge < -0.3 is 14.7 Å². The number of aromatic amines is 1. The highest BCUT2D eigenvalue weighted by Crippen LogP contribution is 2.05. The first-order chi connectivity index (χ1) is 8.79. The number of nitrogens with zero attached hydrogens (tertiary/aromatic N) is 1. The van der Waals surface area contributed by atoms with Crippen molar-refractivity contribution in [1.82, 2.24) is 10.3 Å². The van der Waals surface area contributed by atoms with E-state index in [2.05, 4.69) is 10.3 Å². The van der Waals surface area contributed by atoms with Crippen LogP contribution in [-0.4, -0.2) is 10.9 Å². The van der Waals surface area contributed by atoms with Gasteiger partial charge in [-0.2, -0.15) is 5.26 Å². The first-order valence-electron chi connectivity index (χ1n) is 5.35. The van der Waals surface area contributed by atoms with Crippen LogP contribution in [0, 0.1) is 11.3 Å². The van der Waals surface area contributed by atoms with Crippen molar-refractivity contribution in [3.8, 4) is 6.07 Å². The largest absolute Gasteiger partial charge is 0.467 e. The van der Waals surface area contributed by atoms with Crippen LogP contribution >= 0.6 is 0 Å². The van der Waals surface area contributed by atoms with Gasteiger partial charge in [-0.25, -0.2) is 0 Å². The maximum atomic E-state index is 11.7. The number of aromatic nitrogens is 1. The van der Waals surface area contributed by atoms with Crippen LogP contribution in [0.3, 0.4) is 0 Å². The molecule has 0 saturated carbocycles. The van der Waals surface area contributed by atoms with E-state index in [9.17, 15) is 4.79 Å². The Kier molecular flexibility index (Phi) is 3.62. The van der Waals surface area contributed by atoms with Crippen molar-refractivity contribution in [3.05, 3.63) is 53.8 Å². The lowest BCUT2D eigenvalue weighted by Crippen LogP contribution is -2.23. The number of carbonyl (C=O) groups is 1. The summed E-state index contributed by atoms with van der Waals surface area (Å²) in [5.74, 6) is 0.212.